The smallest absolute Gasteiger partial charge is 0.336 e. The molecule has 5 nitrogen and oxygen atoms in total. The second-order valence-electron chi connectivity index (χ2n) is 7.25. The van der Waals surface area contributed by atoms with E-state index in [0.29, 0.717) is 22.3 Å². The molecule has 4 aromatic rings. The van der Waals surface area contributed by atoms with E-state index in [4.69, 9.17) is 5.11 Å². The average Bonchev–Trinajstić information content (AvgIpc) is 2.77. The summed E-state index contributed by atoms with van der Waals surface area (Å²) in [6.07, 6.45) is 3.28. The van der Waals surface area contributed by atoms with Gasteiger partial charge in [0.1, 0.15) is 0 Å². The SMILES string of the molecule is Cc1nccc2nc(-c3ccc(-c4ccc(CCCO)cc4)cc3)cc(C(=O)O)c12. The highest BCUT2D eigenvalue weighted by molar-refractivity contribution is 6.04. The molecule has 2 N–H and O–H groups in total. The molecule has 150 valence electrons. The van der Waals surface area contributed by atoms with E-state index in [9.17, 15) is 9.90 Å². The van der Waals surface area contributed by atoms with Crippen molar-refractivity contribution in [1.82, 2.24) is 9.97 Å². The molecule has 0 saturated heterocycles. The monoisotopic (exact) mass is 398 g/mol. The van der Waals surface area contributed by atoms with Gasteiger partial charge in [-0.15, -0.1) is 0 Å². The first-order valence-corrected chi connectivity index (χ1v) is 9.87. The highest BCUT2D eigenvalue weighted by Crippen LogP contribution is 2.28. The molecule has 4 rings (SSSR count). The molecule has 0 radical (unpaired) electrons. The van der Waals surface area contributed by atoms with E-state index >= 15 is 0 Å². The van der Waals surface area contributed by atoms with Crippen molar-refractivity contribution in [2.45, 2.75) is 19.8 Å². The summed E-state index contributed by atoms with van der Waals surface area (Å²) in [6, 6.07) is 19.6. The van der Waals surface area contributed by atoms with Crippen LogP contribution in [0, 0.1) is 6.92 Å². The van der Waals surface area contributed by atoms with Crippen LogP contribution in [0.2, 0.25) is 0 Å². The number of hydrogen-bond donors (Lipinski definition) is 2. The number of carboxylic acid groups (broad SMARTS) is 1. The van der Waals surface area contributed by atoms with Gasteiger partial charge in [-0.05, 0) is 48.6 Å². The minimum atomic E-state index is -0.988. The average molecular weight is 398 g/mol. The molecule has 0 unspecified atom stereocenters. The summed E-state index contributed by atoms with van der Waals surface area (Å²) in [7, 11) is 0. The van der Waals surface area contributed by atoms with Crippen LogP contribution in [0.5, 0.6) is 0 Å². The van der Waals surface area contributed by atoms with Crippen LogP contribution in [-0.4, -0.2) is 32.8 Å². The number of aromatic nitrogens is 2. The molecule has 2 aromatic carbocycles. The molecule has 0 saturated carbocycles. The number of carboxylic acids is 1. The van der Waals surface area contributed by atoms with Crippen LogP contribution in [0.1, 0.15) is 28.0 Å². The lowest BCUT2D eigenvalue weighted by Gasteiger charge is -2.10. The van der Waals surface area contributed by atoms with Crippen LogP contribution in [0.25, 0.3) is 33.3 Å². The second kappa shape index (κ2) is 8.43. The van der Waals surface area contributed by atoms with Crippen molar-refractivity contribution in [3.8, 4) is 22.4 Å². The fourth-order valence-electron chi connectivity index (χ4n) is 3.65. The largest absolute Gasteiger partial charge is 0.478 e. The molecule has 0 bridgehead atoms. The molecule has 0 aliphatic heterocycles. The third-order valence-corrected chi connectivity index (χ3v) is 5.23. The van der Waals surface area contributed by atoms with Gasteiger partial charge in [0.15, 0.2) is 0 Å². The Hall–Kier alpha value is -3.57. The number of aryl methyl sites for hydroxylation is 2. The molecule has 0 atom stereocenters. The van der Waals surface area contributed by atoms with Crippen molar-refractivity contribution in [1.29, 1.82) is 0 Å². The van der Waals surface area contributed by atoms with E-state index in [-0.39, 0.29) is 12.2 Å². The van der Waals surface area contributed by atoms with Crippen molar-refractivity contribution in [2.75, 3.05) is 6.61 Å². The Balaban J connectivity index is 1.67. The minimum absolute atomic E-state index is 0.200. The maximum absolute atomic E-state index is 11.8. The molecule has 2 heterocycles. The number of pyridine rings is 2. The number of aromatic carboxylic acids is 1. The third-order valence-electron chi connectivity index (χ3n) is 5.23. The van der Waals surface area contributed by atoms with Crippen molar-refractivity contribution in [3.05, 3.63) is 83.7 Å². The maximum Gasteiger partial charge on any atom is 0.336 e. The lowest BCUT2D eigenvalue weighted by molar-refractivity contribution is 0.0699. The van der Waals surface area contributed by atoms with Crippen LogP contribution in [0.15, 0.2) is 66.9 Å². The zero-order valence-electron chi connectivity index (χ0n) is 16.7. The Bertz CT molecular complexity index is 1200. The Labute approximate surface area is 174 Å². The third kappa shape index (κ3) is 3.93. The normalized spacial score (nSPS) is 11.0. The van der Waals surface area contributed by atoms with E-state index in [1.54, 1.807) is 25.3 Å². The molecular weight excluding hydrogens is 376 g/mol. The van der Waals surface area contributed by atoms with Crippen molar-refractivity contribution < 1.29 is 15.0 Å². The number of fused-ring (bicyclic) bond motifs is 1. The molecule has 0 amide bonds. The predicted octanol–water partition coefficient (Wildman–Crippen LogP) is 4.90. The standard InChI is InChI=1S/C25H22N2O3/c1-16-24-21(25(29)30)15-23(27-22(24)12-13-26-16)20-10-8-19(9-11-20)18-6-4-17(5-7-18)3-2-14-28/h4-13,15,28H,2-3,14H2,1H3,(H,29,30). The lowest BCUT2D eigenvalue weighted by Crippen LogP contribution is -2.02. The van der Waals surface area contributed by atoms with Crippen LogP contribution >= 0.6 is 0 Å². The summed E-state index contributed by atoms with van der Waals surface area (Å²) in [4.78, 5) is 20.7. The van der Waals surface area contributed by atoms with Crippen LogP contribution < -0.4 is 0 Å². The molecule has 0 spiro atoms. The van der Waals surface area contributed by atoms with Gasteiger partial charge in [0.2, 0.25) is 0 Å². The van der Waals surface area contributed by atoms with E-state index in [1.165, 1.54) is 5.56 Å². The predicted molar refractivity (Wildman–Crippen MR) is 118 cm³/mol. The zero-order valence-corrected chi connectivity index (χ0v) is 16.7. The number of benzene rings is 2. The van der Waals surface area contributed by atoms with Gasteiger partial charge in [0.25, 0.3) is 0 Å². The van der Waals surface area contributed by atoms with Crippen LogP contribution in [0.4, 0.5) is 0 Å². The van der Waals surface area contributed by atoms with Crippen LogP contribution in [-0.2, 0) is 6.42 Å². The molecule has 0 aliphatic carbocycles. The Morgan fingerprint density at radius 1 is 0.933 bits per heavy atom. The summed E-state index contributed by atoms with van der Waals surface area (Å²) in [5, 5.41) is 19.2. The van der Waals surface area contributed by atoms with Gasteiger partial charge in [0, 0.05) is 29.4 Å². The summed E-state index contributed by atoms with van der Waals surface area (Å²) >= 11 is 0. The number of aliphatic hydroxyl groups excluding tert-OH is 1. The quantitative estimate of drug-likeness (QED) is 0.483. The molecule has 0 aliphatic rings. The van der Waals surface area contributed by atoms with E-state index < -0.39 is 5.97 Å². The highest BCUT2D eigenvalue weighted by Gasteiger charge is 2.15. The molecule has 30 heavy (non-hydrogen) atoms. The maximum atomic E-state index is 11.8. The number of nitrogens with zero attached hydrogens (tertiary/aromatic N) is 2. The van der Waals surface area contributed by atoms with Crippen molar-refractivity contribution in [2.24, 2.45) is 0 Å². The Morgan fingerprint density at radius 2 is 1.57 bits per heavy atom. The van der Waals surface area contributed by atoms with Gasteiger partial charge in [-0.25, -0.2) is 9.78 Å². The van der Waals surface area contributed by atoms with Gasteiger partial charge >= 0.3 is 5.97 Å². The second-order valence-corrected chi connectivity index (χ2v) is 7.25. The Kier molecular flexibility index (Phi) is 5.55. The summed E-state index contributed by atoms with van der Waals surface area (Å²) in [6.45, 7) is 1.99. The lowest BCUT2D eigenvalue weighted by atomic mass is 9.99. The molecule has 0 fully saturated rings. The molecular formula is C25H22N2O3. The zero-order chi connectivity index (χ0) is 21.1. The summed E-state index contributed by atoms with van der Waals surface area (Å²) in [5.41, 5.74) is 6.36. The van der Waals surface area contributed by atoms with E-state index in [2.05, 4.69) is 34.2 Å². The summed E-state index contributed by atoms with van der Waals surface area (Å²) in [5.74, 6) is -0.988. The first kappa shape index (κ1) is 19.7. The molecule has 2 aromatic heterocycles. The van der Waals surface area contributed by atoms with Gasteiger partial charge in [-0.1, -0.05) is 48.5 Å². The van der Waals surface area contributed by atoms with E-state index in [1.807, 2.05) is 24.3 Å². The number of carbonyl (C=O) groups is 1. The van der Waals surface area contributed by atoms with Gasteiger partial charge in [0.05, 0.1) is 16.8 Å². The minimum Gasteiger partial charge on any atom is -0.478 e. The number of aliphatic hydroxyl groups is 1. The van der Waals surface area contributed by atoms with Crippen molar-refractivity contribution in [3.63, 3.8) is 0 Å². The first-order chi connectivity index (χ1) is 14.6. The number of rotatable bonds is 6. The highest BCUT2D eigenvalue weighted by atomic mass is 16.4. The summed E-state index contributed by atoms with van der Waals surface area (Å²) < 4.78 is 0. The van der Waals surface area contributed by atoms with Gasteiger partial charge in [-0.3, -0.25) is 4.98 Å². The molecule has 5 heteroatoms. The van der Waals surface area contributed by atoms with Gasteiger partial charge < -0.3 is 10.2 Å². The van der Waals surface area contributed by atoms with Crippen molar-refractivity contribution >= 4 is 16.9 Å². The topological polar surface area (TPSA) is 83.3 Å². The van der Waals surface area contributed by atoms with Gasteiger partial charge in [-0.2, -0.15) is 0 Å². The van der Waals surface area contributed by atoms with Crippen LogP contribution in [0.3, 0.4) is 0 Å². The fourth-order valence-corrected chi connectivity index (χ4v) is 3.65. The Morgan fingerprint density at radius 3 is 2.20 bits per heavy atom. The number of hydrogen-bond acceptors (Lipinski definition) is 4. The first-order valence-electron chi connectivity index (χ1n) is 9.87. The fraction of sp³-hybridized carbons (Fsp3) is 0.160. The van der Waals surface area contributed by atoms with E-state index in [0.717, 1.165) is 29.5 Å².